The van der Waals surface area contributed by atoms with E-state index in [1.165, 1.54) is 5.56 Å². The average molecular weight is 195 g/mol. The molecule has 78 valence electrons. The minimum atomic E-state index is 0.226. The second kappa shape index (κ2) is 4.30. The minimum Gasteiger partial charge on any atom is -0.400 e. The topological polar surface area (TPSA) is 98.3 Å². The van der Waals surface area contributed by atoms with Crippen molar-refractivity contribution in [2.45, 2.75) is 18.9 Å². The quantitative estimate of drug-likeness (QED) is 0.434. The third-order valence-electron chi connectivity index (χ3n) is 2.44. The van der Waals surface area contributed by atoms with E-state index in [9.17, 15) is 0 Å². The lowest BCUT2D eigenvalue weighted by molar-refractivity contribution is 0.399. The van der Waals surface area contributed by atoms with Gasteiger partial charge in [0, 0.05) is 13.2 Å². The molecule has 0 aromatic heterocycles. The van der Waals surface area contributed by atoms with E-state index in [2.05, 4.69) is 0 Å². The molecule has 4 nitrogen and oxygen atoms in total. The van der Waals surface area contributed by atoms with E-state index < -0.39 is 0 Å². The molecule has 0 fully saturated rings. The predicted molar refractivity (Wildman–Crippen MR) is 58.8 cm³/mol. The first-order valence-electron chi connectivity index (χ1n) is 4.54. The Morgan fingerprint density at radius 1 is 1.21 bits per heavy atom. The van der Waals surface area contributed by atoms with Gasteiger partial charge in [0.05, 0.1) is 11.4 Å². The summed E-state index contributed by atoms with van der Waals surface area (Å²) in [5, 5.41) is 7.00. The molecule has 7 N–H and O–H groups in total. The molecule has 1 aliphatic carbocycles. The van der Waals surface area contributed by atoms with E-state index in [0.29, 0.717) is 5.69 Å². The lowest BCUT2D eigenvalue weighted by Crippen LogP contribution is -2.19. The average Bonchev–Trinajstić information content (AvgIpc) is 2.57. The molecule has 0 spiro atoms. The first kappa shape index (κ1) is 10.8. The summed E-state index contributed by atoms with van der Waals surface area (Å²) in [5.74, 6) is 0. The minimum absolute atomic E-state index is 0.226. The third-order valence-corrected chi connectivity index (χ3v) is 2.44. The maximum Gasteiger partial charge on any atom is 0.0583 e. The second-order valence-corrected chi connectivity index (χ2v) is 3.37. The molecule has 0 bridgehead atoms. The summed E-state index contributed by atoms with van der Waals surface area (Å²) < 4.78 is 0. The van der Waals surface area contributed by atoms with Gasteiger partial charge in [-0.2, -0.15) is 0 Å². The molecule has 4 heteroatoms. The molecule has 0 saturated carbocycles. The van der Waals surface area contributed by atoms with Gasteiger partial charge in [0.15, 0.2) is 0 Å². The van der Waals surface area contributed by atoms with Crippen molar-refractivity contribution in [2.24, 2.45) is 5.73 Å². The van der Waals surface area contributed by atoms with Crippen LogP contribution in [0.3, 0.4) is 0 Å². The van der Waals surface area contributed by atoms with Crippen molar-refractivity contribution < 1.29 is 5.11 Å². The highest BCUT2D eigenvalue weighted by atomic mass is 16.2. The zero-order chi connectivity index (χ0) is 10.7. The van der Waals surface area contributed by atoms with Gasteiger partial charge >= 0.3 is 0 Å². The number of fused-ring (bicyclic) bond motifs is 1. The number of nitrogen functional groups attached to an aromatic ring is 2. The zero-order valence-corrected chi connectivity index (χ0v) is 8.33. The molecule has 0 heterocycles. The Labute approximate surface area is 83.7 Å². The summed E-state index contributed by atoms with van der Waals surface area (Å²) >= 11 is 0. The fraction of sp³-hybridized carbons (Fsp3) is 0.400. The molecule has 1 atom stereocenters. The van der Waals surface area contributed by atoms with Crippen molar-refractivity contribution in [3.63, 3.8) is 0 Å². The molecule has 0 saturated heterocycles. The van der Waals surface area contributed by atoms with Crippen LogP contribution in [0.4, 0.5) is 11.4 Å². The molecule has 1 aliphatic rings. The molecule has 14 heavy (non-hydrogen) atoms. The Bertz CT molecular complexity index is 325. The summed E-state index contributed by atoms with van der Waals surface area (Å²) in [5.41, 5.74) is 21.1. The number of benzene rings is 1. The predicted octanol–water partition coefficient (Wildman–Crippen LogP) is -0.115. The normalized spacial score (nSPS) is 18.4. The van der Waals surface area contributed by atoms with E-state index in [1.807, 2.05) is 12.1 Å². The fourth-order valence-electron chi connectivity index (χ4n) is 1.78. The van der Waals surface area contributed by atoms with E-state index in [4.69, 9.17) is 22.3 Å². The number of aliphatic hydroxyl groups excluding tert-OH is 1. The highest BCUT2D eigenvalue weighted by Gasteiger charge is 2.20. The second-order valence-electron chi connectivity index (χ2n) is 3.37. The van der Waals surface area contributed by atoms with Gasteiger partial charge in [0.2, 0.25) is 0 Å². The molecule has 0 amide bonds. The Hall–Kier alpha value is -1.26. The lowest BCUT2D eigenvalue weighted by Gasteiger charge is -2.05. The number of aliphatic hydroxyl groups is 1. The van der Waals surface area contributed by atoms with Gasteiger partial charge in [-0.05, 0) is 30.0 Å². The summed E-state index contributed by atoms with van der Waals surface area (Å²) in [6, 6.07) is 4.10. The molecule has 1 unspecified atom stereocenters. The largest absolute Gasteiger partial charge is 0.400 e. The van der Waals surface area contributed by atoms with E-state index in [1.54, 1.807) is 0 Å². The smallest absolute Gasteiger partial charge is 0.0583 e. The number of nitrogens with two attached hydrogens (primary N) is 3. The van der Waals surface area contributed by atoms with Crippen LogP contribution in [0, 0.1) is 0 Å². The van der Waals surface area contributed by atoms with Gasteiger partial charge in [-0.1, -0.05) is 6.07 Å². The Morgan fingerprint density at radius 2 is 1.86 bits per heavy atom. The van der Waals surface area contributed by atoms with Crippen LogP contribution < -0.4 is 17.2 Å². The van der Waals surface area contributed by atoms with Crippen molar-refractivity contribution in [2.75, 3.05) is 18.6 Å². The van der Waals surface area contributed by atoms with Crippen LogP contribution in [-0.4, -0.2) is 18.3 Å². The van der Waals surface area contributed by atoms with E-state index in [-0.39, 0.29) is 6.04 Å². The van der Waals surface area contributed by atoms with Crippen LogP contribution in [0.15, 0.2) is 12.1 Å². The van der Waals surface area contributed by atoms with Gasteiger partial charge in [-0.25, -0.2) is 0 Å². The highest BCUT2D eigenvalue weighted by Crippen LogP contribution is 2.30. The summed E-state index contributed by atoms with van der Waals surface area (Å²) in [6.07, 6.45) is 1.80. The van der Waals surface area contributed by atoms with Gasteiger partial charge < -0.3 is 22.3 Å². The molecule has 0 aliphatic heterocycles. The molecular weight excluding hydrogens is 178 g/mol. The number of anilines is 2. The standard InChI is InChI=1S/C9H13N3.CH4O/c10-6-3-5-1-2-8(11)9(12)7(5)4-6;1-2/h1-2,6H,3-4,10-12H2;2H,1H3. The zero-order valence-electron chi connectivity index (χ0n) is 8.33. The van der Waals surface area contributed by atoms with Crippen molar-refractivity contribution in [1.29, 1.82) is 0 Å². The van der Waals surface area contributed by atoms with Crippen LogP contribution in [0.2, 0.25) is 0 Å². The molecule has 2 rings (SSSR count). The van der Waals surface area contributed by atoms with Crippen molar-refractivity contribution in [1.82, 2.24) is 0 Å². The Kier molecular flexibility index (Phi) is 3.33. The maximum atomic E-state index is 7.00. The van der Waals surface area contributed by atoms with E-state index >= 15 is 0 Å². The van der Waals surface area contributed by atoms with Crippen molar-refractivity contribution >= 4 is 11.4 Å². The molecule has 1 aromatic carbocycles. The molecular formula is C10H17N3O. The third kappa shape index (κ3) is 1.81. The van der Waals surface area contributed by atoms with Crippen LogP contribution >= 0.6 is 0 Å². The fourth-order valence-corrected chi connectivity index (χ4v) is 1.78. The van der Waals surface area contributed by atoms with E-state index in [0.717, 1.165) is 31.2 Å². The van der Waals surface area contributed by atoms with Crippen LogP contribution in [-0.2, 0) is 12.8 Å². The Balaban J connectivity index is 0.000000461. The lowest BCUT2D eigenvalue weighted by atomic mass is 10.1. The van der Waals surface area contributed by atoms with Gasteiger partial charge in [0.25, 0.3) is 0 Å². The number of rotatable bonds is 0. The summed E-state index contributed by atoms with van der Waals surface area (Å²) in [4.78, 5) is 0. The van der Waals surface area contributed by atoms with Crippen molar-refractivity contribution in [3.8, 4) is 0 Å². The maximum absolute atomic E-state index is 7.00. The van der Waals surface area contributed by atoms with Gasteiger partial charge in [-0.3, -0.25) is 0 Å². The first-order valence-corrected chi connectivity index (χ1v) is 4.54. The van der Waals surface area contributed by atoms with Gasteiger partial charge in [-0.15, -0.1) is 0 Å². The van der Waals surface area contributed by atoms with Gasteiger partial charge in [0.1, 0.15) is 0 Å². The Morgan fingerprint density at radius 3 is 2.50 bits per heavy atom. The SMILES string of the molecule is CO.Nc1ccc2c(c1N)CC(N)C2. The highest BCUT2D eigenvalue weighted by molar-refractivity contribution is 5.70. The monoisotopic (exact) mass is 195 g/mol. The summed E-state index contributed by atoms with van der Waals surface area (Å²) in [7, 11) is 1.00. The number of hydrogen-bond donors (Lipinski definition) is 4. The van der Waals surface area contributed by atoms with Crippen LogP contribution in [0.25, 0.3) is 0 Å². The summed E-state index contributed by atoms with van der Waals surface area (Å²) in [6.45, 7) is 0. The van der Waals surface area contributed by atoms with Crippen LogP contribution in [0.1, 0.15) is 11.1 Å². The van der Waals surface area contributed by atoms with Crippen molar-refractivity contribution in [3.05, 3.63) is 23.3 Å². The molecule has 1 aromatic rings. The first-order chi connectivity index (χ1) is 6.68. The number of hydrogen-bond acceptors (Lipinski definition) is 4. The van der Waals surface area contributed by atoms with Crippen LogP contribution in [0.5, 0.6) is 0 Å². The molecule has 0 radical (unpaired) electrons.